The summed E-state index contributed by atoms with van der Waals surface area (Å²) >= 11 is 0. The number of nitrogens with zero attached hydrogens (tertiary/aromatic N) is 1. The Balaban J connectivity index is 2.06. The number of hydrogen-bond acceptors (Lipinski definition) is 3. The third-order valence-electron chi connectivity index (χ3n) is 3.60. The Morgan fingerprint density at radius 2 is 2.11 bits per heavy atom. The normalized spacial score (nSPS) is 23.3. The summed E-state index contributed by atoms with van der Waals surface area (Å²) in [6.07, 6.45) is 2.24. The minimum atomic E-state index is -0.767. The number of benzene rings is 1. The summed E-state index contributed by atoms with van der Waals surface area (Å²) in [5, 5.41) is 14.8. The fourth-order valence-electron chi connectivity index (χ4n) is 2.65. The standard InChI is InChI=1S/C13H13N3O3/c17-12-6-5-11(16(18)19)13(15-12)9-7-14-10-4-2-1-3-8(9)10/h1-4,7,11,13-14H,5-6H2,(H,15,17). The molecule has 2 aromatic rings. The first-order chi connectivity index (χ1) is 9.16. The number of carbonyl (C=O) groups is 1. The average Bonchev–Trinajstić information content (AvgIpc) is 2.82. The number of fused-ring (bicyclic) bond motifs is 1. The number of rotatable bonds is 2. The maximum atomic E-state index is 11.5. The lowest BCUT2D eigenvalue weighted by molar-refractivity contribution is -0.529. The molecule has 0 saturated carbocycles. The number of nitro groups is 1. The van der Waals surface area contributed by atoms with Crippen LogP contribution in [0.5, 0.6) is 0 Å². The molecule has 0 radical (unpaired) electrons. The Kier molecular flexibility index (Phi) is 2.70. The Bertz CT molecular complexity index is 649. The van der Waals surface area contributed by atoms with E-state index in [0.29, 0.717) is 0 Å². The predicted octanol–water partition coefficient (Wildman–Crippen LogP) is 1.76. The Labute approximate surface area is 109 Å². The molecule has 2 atom stereocenters. The Morgan fingerprint density at radius 3 is 2.89 bits per heavy atom. The van der Waals surface area contributed by atoms with Crippen LogP contribution >= 0.6 is 0 Å². The van der Waals surface area contributed by atoms with Gasteiger partial charge in [0.2, 0.25) is 11.9 Å². The Hall–Kier alpha value is -2.37. The first kappa shape index (κ1) is 11.7. The molecule has 3 rings (SSSR count). The second-order valence-corrected chi connectivity index (χ2v) is 4.73. The molecule has 1 aliphatic heterocycles. The van der Waals surface area contributed by atoms with Gasteiger partial charge in [-0.3, -0.25) is 14.9 Å². The van der Waals surface area contributed by atoms with E-state index in [1.807, 2.05) is 24.3 Å². The Morgan fingerprint density at radius 1 is 1.32 bits per heavy atom. The van der Waals surface area contributed by atoms with Gasteiger partial charge in [-0.05, 0) is 6.07 Å². The molecule has 0 bridgehead atoms. The molecule has 1 amide bonds. The van der Waals surface area contributed by atoms with E-state index in [2.05, 4.69) is 10.3 Å². The van der Waals surface area contributed by atoms with Gasteiger partial charge in [-0.2, -0.15) is 0 Å². The lowest BCUT2D eigenvalue weighted by Gasteiger charge is -2.26. The molecule has 2 unspecified atom stereocenters. The number of nitrogens with one attached hydrogen (secondary N) is 2. The minimum Gasteiger partial charge on any atom is -0.361 e. The molecule has 1 aromatic heterocycles. The summed E-state index contributed by atoms with van der Waals surface area (Å²) in [7, 11) is 0. The maximum absolute atomic E-state index is 11.5. The van der Waals surface area contributed by atoms with Crippen molar-refractivity contribution < 1.29 is 9.72 Å². The number of piperidine rings is 1. The van der Waals surface area contributed by atoms with Crippen LogP contribution in [0.15, 0.2) is 30.5 Å². The molecule has 6 nitrogen and oxygen atoms in total. The van der Waals surface area contributed by atoms with Crippen LogP contribution in [0, 0.1) is 10.1 Å². The highest BCUT2D eigenvalue weighted by Gasteiger charge is 2.39. The molecule has 1 aliphatic rings. The topological polar surface area (TPSA) is 88.0 Å². The van der Waals surface area contributed by atoms with Crippen LogP contribution in [0.4, 0.5) is 0 Å². The van der Waals surface area contributed by atoms with Gasteiger partial charge in [0.05, 0.1) is 0 Å². The first-order valence-corrected chi connectivity index (χ1v) is 6.15. The van der Waals surface area contributed by atoms with E-state index in [4.69, 9.17) is 0 Å². The van der Waals surface area contributed by atoms with Crippen molar-refractivity contribution >= 4 is 16.8 Å². The number of amides is 1. The average molecular weight is 259 g/mol. The van der Waals surface area contributed by atoms with Crippen molar-refractivity contribution in [3.05, 3.63) is 46.1 Å². The summed E-state index contributed by atoms with van der Waals surface area (Å²) in [4.78, 5) is 25.5. The van der Waals surface area contributed by atoms with Gasteiger partial charge in [0, 0.05) is 40.4 Å². The fraction of sp³-hybridized carbons (Fsp3) is 0.308. The fourth-order valence-corrected chi connectivity index (χ4v) is 2.65. The largest absolute Gasteiger partial charge is 0.361 e. The summed E-state index contributed by atoms with van der Waals surface area (Å²) < 4.78 is 0. The number of para-hydroxylation sites is 1. The second kappa shape index (κ2) is 4.38. The minimum absolute atomic E-state index is 0.131. The van der Waals surface area contributed by atoms with Gasteiger partial charge in [-0.25, -0.2) is 0 Å². The zero-order valence-electron chi connectivity index (χ0n) is 10.1. The van der Waals surface area contributed by atoms with Gasteiger partial charge in [0.25, 0.3) is 0 Å². The second-order valence-electron chi connectivity index (χ2n) is 4.73. The van der Waals surface area contributed by atoms with Gasteiger partial charge in [-0.15, -0.1) is 0 Å². The summed E-state index contributed by atoms with van der Waals surface area (Å²) in [5.41, 5.74) is 1.70. The van der Waals surface area contributed by atoms with E-state index in [9.17, 15) is 14.9 Å². The quantitative estimate of drug-likeness (QED) is 0.636. The van der Waals surface area contributed by atoms with Gasteiger partial charge in [-0.1, -0.05) is 18.2 Å². The van der Waals surface area contributed by atoms with Crippen LogP contribution in [-0.4, -0.2) is 21.9 Å². The number of hydrogen-bond donors (Lipinski definition) is 2. The maximum Gasteiger partial charge on any atom is 0.237 e. The predicted molar refractivity (Wildman–Crippen MR) is 69.2 cm³/mol. The molecule has 2 heterocycles. The zero-order chi connectivity index (χ0) is 13.4. The first-order valence-electron chi connectivity index (χ1n) is 6.15. The van der Waals surface area contributed by atoms with E-state index < -0.39 is 12.1 Å². The van der Waals surface area contributed by atoms with E-state index in [0.717, 1.165) is 16.5 Å². The molecule has 0 spiro atoms. The molecule has 6 heteroatoms. The molecule has 1 aromatic carbocycles. The number of aromatic nitrogens is 1. The summed E-state index contributed by atoms with van der Waals surface area (Å²) in [6, 6.07) is 6.26. The monoisotopic (exact) mass is 259 g/mol. The highest BCUT2D eigenvalue weighted by Crippen LogP contribution is 2.31. The smallest absolute Gasteiger partial charge is 0.237 e. The van der Waals surface area contributed by atoms with Crippen molar-refractivity contribution in [2.45, 2.75) is 24.9 Å². The molecule has 2 N–H and O–H groups in total. The van der Waals surface area contributed by atoms with Crippen LogP contribution in [0.3, 0.4) is 0 Å². The molecule has 1 fully saturated rings. The lowest BCUT2D eigenvalue weighted by Crippen LogP contribution is -2.45. The van der Waals surface area contributed by atoms with Crippen molar-refractivity contribution in [3.8, 4) is 0 Å². The van der Waals surface area contributed by atoms with Crippen molar-refractivity contribution in [2.75, 3.05) is 0 Å². The van der Waals surface area contributed by atoms with Gasteiger partial charge in [0.15, 0.2) is 0 Å². The number of H-pyrrole nitrogens is 1. The van der Waals surface area contributed by atoms with E-state index in [1.165, 1.54) is 0 Å². The lowest BCUT2D eigenvalue weighted by atomic mass is 9.92. The summed E-state index contributed by atoms with van der Waals surface area (Å²) in [5.74, 6) is -0.131. The molecular weight excluding hydrogens is 246 g/mol. The van der Waals surface area contributed by atoms with Crippen LogP contribution in [0.2, 0.25) is 0 Å². The van der Waals surface area contributed by atoms with Crippen molar-refractivity contribution in [3.63, 3.8) is 0 Å². The highest BCUT2D eigenvalue weighted by molar-refractivity contribution is 5.85. The zero-order valence-corrected chi connectivity index (χ0v) is 10.1. The van der Waals surface area contributed by atoms with E-state index >= 15 is 0 Å². The molecule has 0 aliphatic carbocycles. The summed E-state index contributed by atoms with van der Waals surface area (Å²) in [6.45, 7) is 0. The molecule has 98 valence electrons. The third kappa shape index (κ3) is 1.95. The van der Waals surface area contributed by atoms with Gasteiger partial charge in [0.1, 0.15) is 6.04 Å². The van der Waals surface area contributed by atoms with Gasteiger partial charge < -0.3 is 10.3 Å². The van der Waals surface area contributed by atoms with Crippen molar-refractivity contribution in [2.24, 2.45) is 0 Å². The van der Waals surface area contributed by atoms with Crippen LogP contribution < -0.4 is 5.32 Å². The van der Waals surface area contributed by atoms with Crippen molar-refractivity contribution in [1.29, 1.82) is 0 Å². The van der Waals surface area contributed by atoms with Crippen LogP contribution in [0.25, 0.3) is 10.9 Å². The van der Waals surface area contributed by atoms with E-state index in [1.54, 1.807) is 6.20 Å². The number of aromatic amines is 1. The molecular formula is C13H13N3O3. The molecule has 19 heavy (non-hydrogen) atoms. The van der Waals surface area contributed by atoms with Crippen LogP contribution in [0.1, 0.15) is 24.4 Å². The SMILES string of the molecule is O=C1CCC([N+](=O)[O-])C(c2c[nH]c3ccccc23)N1. The van der Waals surface area contributed by atoms with E-state index in [-0.39, 0.29) is 23.7 Å². The van der Waals surface area contributed by atoms with Gasteiger partial charge >= 0.3 is 0 Å². The highest BCUT2D eigenvalue weighted by atomic mass is 16.6. The number of carbonyl (C=O) groups excluding carboxylic acids is 1. The third-order valence-corrected chi connectivity index (χ3v) is 3.60. The molecule has 1 saturated heterocycles. The van der Waals surface area contributed by atoms with Crippen molar-refractivity contribution in [1.82, 2.24) is 10.3 Å². The van der Waals surface area contributed by atoms with Crippen LogP contribution in [-0.2, 0) is 4.79 Å².